The first kappa shape index (κ1) is 34.2. The molecule has 0 aliphatic heterocycles. The topological polar surface area (TPSA) is 69.4 Å². The Labute approximate surface area is 340 Å². The summed E-state index contributed by atoms with van der Waals surface area (Å²) in [5.41, 5.74) is 15.2. The van der Waals surface area contributed by atoms with Crippen LogP contribution >= 0.6 is 0 Å². The highest BCUT2D eigenvalue weighted by Gasteiger charge is 2.21. The van der Waals surface area contributed by atoms with Gasteiger partial charge in [-0.3, -0.25) is 14.5 Å². The molecule has 0 radical (unpaired) electrons. The molecule has 5 heterocycles. The summed E-state index contributed by atoms with van der Waals surface area (Å²) in [4.78, 5) is 24.3. The van der Waals surface area contributed by atoms with Crippen molar-refractivity contribution in [2.24, 2.45) is 0 Å². The molecule has 11 rings (SSSR count). The average Bonchev–Trinajstić information content (AvgIpc) is 3.72. The number of nitrogens with zero attached hydrogens (tertiary/aromatic N) is 6. The molecular weight excluding hydrogens is 721 g/mol. The van der Waals surface area contributed by atoms with E-state index in [1.807, 2.05) is 36.4 Å². The summed E-state index contributed by atoms with van der Waals surface area (Å²) in [6, 6.07) is 63.5. The second-order valence-electron chi connectivity index (χ2n) is 14.6. The van der Waals surface area contributed by atoms with Crippen molar-refractivity contribution < 1.29 is 0 Å². The van der Waals surface area contributed by atoms with E-state index < -0.39 is 0 Å². The molecule has 0 spiro atoms. The van der Waals surface area contributed by atoms with Crippen LogP contribution in [0.4, 0.5) is 0 Å². The van der Waals surface area contributed by atoms with Crippen molar-refractivity contribution in [3.63, 3.8) is 0 Å². The predicted molar refractivity (Wildman–Crippen MR) is 240 cm³/mol. The molecule has 0 aliphatic carbocycles. The highest BCUT2D eigenvalue weighted by Crippen LogP contribution is 2.40. The number of rotatable bonds is 7. The molecule has 11 aromatic rings. The van der Waals surface area contributed by atoms with Crippen LogP contribution in [-0.4, -0.2) is 29.5 Å². The molecule has 0 aliphatic rings. The van der Waals surface area contributed by atoms with Gasteiger partial charge in [-0.15, -0.1) is 0 Å². The number of aromatic nitrogens is 6. The van der Waals surface area contributed by atoms with Crippen molar-refractivity contribution in [3.8, 4) is 73.1 Å². The van der Waals surface area contributed by atoms with Crippen molar-refractivity contribution >= 4 is 32.7 Å². The fourth-order valence-corrected chi connectivity index (χ4v) is 8.15. The van der Waals surface area contributed by atoms with Gasteiger partial charge in [-0.2, -0.15) is 0 Å². The Morgan fingerprint density at radius 1 is 0.356 bits per heavy atom. The van der Waals surface area contributed by atoms with Gasteiger partial charge in [0.1, 0.15) is 5.82 Å². The van der Waals surface area contributed by atoms with Crippen molar-refractivity contribution in [1.82, 2.24) is 29.5 Å². The molecule has 0 fully saturated rings. The minimum Gasteiger partial charge on any atom is -0.292 e. The molecule has 0 bridgehead atoms. The lowest BCUT2D eigenvalue weighted by Gasteiger charge is -2.13. The molecule has 6 aromatic carbocycles. The highest BCUT2D eigenvalue weighted by molar-refractivity contribution is 6.20. The Balaban J connectivity index is 1.05. The van der Waals surface area contributed by atoms with Gasteiger partial charge >= 0.3 is 0 Å². The van der Waals surface area contributed by atoms with Gasteiger partial charge in [-0.25, -0.2) is 15.0 Å². The number of benzene rings is 6. The number of hydrogen-bond donors (Lipinski definition) is 0. The molecule has 0 unspecified atom stereocenters. The van der Waals surface area contributed by atoms with Crippen LogP contribution in [0.25, 0.3) is 106 Å². The minimum atomic E-state index is 0.889. The molecule has 0 N–H and O–H groups in total. The third kappa shape index (κ3) is 6.20. The molecule has 6 nitrogen and oxygen atoms in total. The van der Waals surface area contributed by atoms with Crippen molar-refractivity contribution in [2.45, 2.75) is 0 Å². The maximum absolute atomic E-state index is 5.45. The molecule has 0 saturated carbocycles. The van der Waals surface area contributed by atoms with E-state index in [9.17, 15) is 0 Å². The molecule has 5 aromatic heterocycles. The summed E-state index contributed by atoms with van der Waals surface area (Å²) in [5.74, 6) is 0.892. The van der Waals surface area contributed by atoms with E-state index in [0.29, 0.717) is 0 Å². The summed E-state index contributed by atoms with van der Waals surface area (Å²) >= 11 is 0. The first-order valence-corrected chi connectivity index (χ1v) is 19.6. The van der Waals surface area contributed by atoms with E-state index in [4.69, 9.17) is 15.0 Å². The van der Waals surface area contributed by atoms with Gasteiger partial charge < -0.3 is 0 Å². The Bertz CT molecular complexity index is 3230. The fourth-order valence-electron chi connectivity index (χ4n) is 8.15. The number of pyridine rings is 4. The molecular formula is C53H34N6. The van der Waals surface area contributed by atoms with Crippen LogP contribution < -0.4 is 0 Å². The molecule has 59 heavy (non-hydrogen) atoms. The van der Waals surface area contributed by atoms with Gasteiger partial charge in [0, 0.05) is 63.5 Å². The first-order chi connectivity index (χ1) is 29.2. The van der Waals surface area contributed by atoms with Crippen LogP contribution in [0.1, 0.15) is 0 Å². The smallest absolute Gasteiger partial charge is 0.145 e. The molecule has 0 atom stereocenters. The van der Waals surface area contributed by atoms with Crippen molar-refractivity contribution in [3.05, 3.63) is 207 Å². The first-order valence-electron chi connectivity index (χ1n) is 19.6. The van der Waals surface area contributed by atoms with Gasteiger partial charge in [0.25, 0.3) is 0 Å². The number of fused-ring (bicyclic) bond motifs is 5. The minimum absolute atomic E-state index is 0.889. The molecule has 0 saturated heterocycles. The largest absolute Gasteiger partial charge is 0.292 e. The zero-order valence-corrected chi connectivity index (χ0v) is 31.8. The van der Waals surface area contributed by atoms with Gasteiger partial charge in [-0.1, -0.05) is 115 Å². The lowest BCUT2D eigenvalue weighted by atomic mass is 9.95. The zero-order chi connectivity index (χ0) is 39.1. The normalized spacial score (nSPS) is 11.4. The summed E-state index contributed by atoms with van der Waals surface area (Å²) in [6.07, 6.45) is 7.22. The highest BCUT2D eigenvalue weighted by atomic mass is 15.1. The van der Waals surface area contributed by atoms with Gasteiger partial charge in [0.15, 0.2) is 0 Å². The van der Waals surface area contributed by atoms with E-state index >= 15 is 0 Å². The van der Waals surface area contributed by atoms with E-state index in [1.54, 1.807) is 24.8 Å². The number of hydrogen-bond acceptors (Lipinski definition) is 5. The van der Waals surface area contributed by atoms with Gasteiger partial charge in [-0.05, 0) is 94.4 Å². The van der Waals surface area contributed by atoms with Gasteiger partial charge in [0.05, 0.1) is 33.6 Å². The standard InChI is InChI=1S/C53H34N6/c1-3-10-39(11-4-1)53-58-52-49(59(53)43-14-5-2-6-15-43)23-22-45-44-16-7-8-17-46(44)57-51(50(45)52)38-20-18-35(19-21-38)40-12-9-13-41(32-40)42-33-47(36-24-28-54-29-25-36)56-48(34-42)37-26-30-55-31-27-37/h1-34H. The number of imidazole rings is 1. The van der Waals surface area contributed by atoms with E-state index in [1.165, 1.54) is 0 Å². The third-order valence-electron chi connectivity index (χ3n) is 11.0. The lowest BCUT2D eigenvalue weighted by Crippen LogP contribution is -1.97. The Hall–Kier alpha value is -8.09. The SMILES string of the molecule is c1ccc(-c2nc3c4c(-c5ccc(-c6cccc(-c7cc(-c8ccncc8)nc(-c8ccncc8)c7)c6)cc5)nc5ccccc5c4ccc3n2-c2ccccc2)cc1. The summed E-state index contributed by atoms with van der Waals surface area (Å²) in [5, 5.41) is 3.27. The Morgan fingerprint density at radius 2 is 0.949 bits per heavy atom. The summed E-state index contributed by atoms with van der Waals surface area (Å²) in [6.45, 7) is 0. The fraction of sp³-hybridized carbons (Fsp3) is 0. The molecule has 276 valence electrons. The summed E-state index contributed by atoms with van der Waals surface area (Å²) in [7, 11) is 0. The Kier molecular flexibility index (Phi) is 8.37. The van der Waals surface area contributed by atoms with E-state index in [2.05, 4.69) is 160 Å². The predicted octanol–water partition coefficient (Wildman–Crippen LogP) is 12.9. The maximum atomic E-state index is 5.45. The van der Waals surface area contributed by atoms with Crippen LogP contribution in [0, 0.1) is 0 Å². The van der Waals surface area contributed by atoms with Crippen LogP contribution in [0.5, 0.6) is 0 Å². The third-order valence-corrected chi connectivity index (χ3v) is 11.0. The van der Waals surface area contributed by atoms with Crippen LogP contribution in [0.15, 0.2) is 207 Å². The second kappa shape index (κ2) is 14.4. The van der Waals surface area contributed by atoms with Crippen LogP contribution in [0.3, 0.4) is 0 Å². The average molecular weight is 755 g/mol. The maximum Gasteiger partial charge on any atom is 0.145 e. The molecule has 6 heteroatoms. The molecule has 0 amide bonds. The Morgan fingerprint density at radius 3 is 1.64 bits per heavy atom. The van der Waals surface area contributed by atoms with Crippen LogP contribution in [0.2, 0.25) is 0 Å². The van der Waals surface area contributed by atoms with E-state index in [0.717, 1.165) is 106 Å². The van der Waals surface area contributed by atoms with Crippen LogP contribution in [-0.2, 0) is 0 Å². The summed E-state index contributed by atoms with van der Waals surface area (Å²) < 4.78 is 2.27. The van der Waals surface area contributed by atoms with E-state index in [-0.39, 0.29) is 0 Å². The van der Waals surface area contributed by atoms with Gasteiger partial charge in [0.2, 0.25) is 0 Å². The monoisotopic (exact) mass is 754 g/mol. The zero-order valence-electron chi connectivity index (χ0n) is 31.8. The quantitative estimate of drug-likeness (QED) is 0.152. The number of para-hydroxylation sites is 2. The van der Waals surface area contributed by atoms with Crippen molar-refractivity contribution in [1.29, 1.82) is 0 Å². The van der Waals surface area contributed by atoms with Crippen molar-refractivity contribution in [2.75, 3.05) is 0 Å². The lowest BCUT2D eigenvalue weighted by molar-refractivity contribution is 1.10. The second-order valence-corrected chi connectivity index (χ2v) is 14.6.